The summed E-state index contributed by atoms with van der Waals surface area (Å²) in [6.45, 7) is 9.55. The van der Waals surface area contributed by atoms with Gasteiger partial charge >= 0.3 is 6.09 Å². The Kier molecular flexibility index (Phi) is 6.39. The van der Waals surface area contributed by atoms with Gasteiger partial charge in [0.25, 0.3) is 0 Å². The Morgan fingerprint density at radius 1 is 1.14 bits per heavy atom. The first kappa shape index (κ1) is 24.2. The third-order valence-corrected chi connectivity index (χ3v) is 7.57. The number of piperazine rings is 1. The van der Waals surface area contributed by atoms with Gasteiger partial charge in [0.05, 0.1) is 24.7 Å². The number of carboxylic acid groups (broad SMARTS) is 1. The lowest BCUT2D eigenvalue weighted by molar-refractivity contribution is 0.142. The highest BCUT2D eigenvalue weighted by atomic mass is 28.3. The number of carbonyl (C=O) groups is 1. The molecule has 2 fully saturated rings. The summed E-state index contributed by atoms with van der Waals surface area (Å²) in [7, 11) is 0.0307. The van der Waals surface area contributed by atoms with Crippen LogP contribution < -0.4 is 9.64 Å². The summed E-state index contributed by atoms with van der Waals surface area (Å²) in [5.41, 5.74) is 8.59. The molecular weight excluding hydrogens is 470 g/mol. The van der Waals surface area contributed by atoms with Gasteiger partial charge < -0.3 is 19.6 Å². The number of rotatable bonds is 5. The van der Waals surface area contributed by atoms with E-state index in [0.29, 0.717) is 38.6 Å². The monoisotopic (exact) mass is 503 g/mol. The van der Waals surface area contributed by atoms with Crippen molar-refractivity contribution >= 4 is 30.9 Å². The van der Waals surface area contributed by atoms with Gasteiger partial charge in [-0.15, -0.1) is 5.54 Å². The topological polar surface area (TPSA) is 83.7 Å². The number of amides is 1. The molecule has 0 bridgehead atoms. The highest BCUT2D eigenvalue weighted by Crippen LogP contribution is 2.47. The van der Waals surface area contributed by atoms with Crippen molar-refractivity contribution in [2.75, 3.05) is 38.2 Å². The molecule has 0 unspecified atom stereocenters. The highest BCUT2D eigenvalue weighted by Gasteiger charge is 2.33. The molecule has 1 aliphatic carbocycles. The van der Waals surface area contributed by atoms with Crippen molar-refractivity contribution in [3.63, 3.8) is 0 Å². The summed E-state index contributed by atoms with van der Waals surface area (Å²) >= 11 is 0. The van der Waals surface area contributed by atoms with Crippen LogP contribution in [0.1, 0.15) is 35.6 Å². The van der Waals surface area contributed by atoms with Crippen molar-refractivity contribution in [1.29, 1.82) is 0 Å². The molecular formula is C27H33N5O3Si. The average molecular weight is 504 g/mol. The number of anilines is 1. The molecule has 1 amide bonds. The fraction of sp³-hybridized carbons (Fsp3) is 0.444. The van der Waals surface area contributed by atoms with Crippen LogP contribution in [-0.2, 0) is 6.54 Å². The van der Waals surface area contributed by atoms with Gasteiger partial charge in [0.15, 0.2) is 5.65 Å². The van der Waals surface area contributed by atoms with Crippen LogP contribution in [0, 0.1) is 11.5 Å². The normalized spacial score (nSPS) is 16.1. The van der Waals surface area contributed by atoms with E-state index in [0.717, 1.165) is 46.6 Å². The molecule has 0 radical (unpaired) electrons. The lowest BCUT2D eigenvalue weighted by atomic mass is 10.0. The van der Waals surface area contributed by atoms with Crippen LogP contribution in [0.15, 0.2) is 30.5 Å². The van der Waals surface area contributed by atoms with Crippen molar-refractivity contribution in [2.24, 2.45) is 0 Å². The minimum atomic E-state index is -1.63. The number of nitrogens with zero attached hydrogens (tertiary/aromatic N) is 5. The number of fused-ring (bicyclic) bond motifs is 1. The molecule has 1 aliphatic heterocycles. The summed E-state index contributed by atoms with van der Waals surface area (Å²) in [6, 6.07) is 8.01. The molecule has 2 aliphatic rings. The highest BCUT2D eigenvalue weighted by molar-refractivity contribution is 6.83. The van der Waals surface area contributed by atoms with Gasteiger partial charge in [-0.05, 0) is 42.0 Å². The number of aromatic nitrogens is 3. The molecule has 9 heteroatoms. The number of hydrogen-bond acceptors (Lipinski definition) is 5. The summed E-state index contributed by atoms with van der Waals surface area (Å²) in [4.78, 5) is 20.3. The number of benzene rings is 1. The van der Waals surface area contributed by atoms with Crippen LogP contribution in [0.3, 0.4) is 0 Å². The molecule has 188 valence electrons. The Morgan fingerprint density at radius 2 is 1.83 bits per heavy atom. The number of methoxy groups -OCH3 is 1. The summed E-state index contributed by atoms with van der Waals surface area (Å²) < 4.78 is 7.27. The maximum absolute atomic E-state index is 11.5. The van der Waals surface area contributed by atoms with Crippen molar-refractivity contribution in [3.8, 4) is 17.2 Å². The minimum Gasteiger partial charge on any atom is -0.497 e. The number of hydrogen-bond donors (Lipinski definition) is 1. The molecule has 0 spiro atoms. The molecule has 8 nitrogen and oxygen atoms in total. The molecule has 3 aromatic rings. The van der Waals surface area contributed by atoms with E-state index in [2.05, 4.69) is 36.0 Å². The molecule has 36 heavy (non-hydrogen) atoms. The second-order valence-corrected chi connectivity index (χ2v) is 15.4. The fourth-order valence-corrected chi connectivity index (χ4v) is 5.14. The standard InChI is InChI=1S/C27H33N5O3Si/c1-35-21-9-5-19(6-10-21)18-32-26-24(23(29-32)11-16-36(2,3)4)25(22(17-28-26)20-7-8-20)30-12-14-31(15-13-30)27(33)34/h5-6,9-10,17,20H,7-8,12-15,18H2,1-4H3,(H,33,34). The van der Waals surface area contributed by atoms with E-state index in [4.69, 9.17) is 14.8 Å². The zero-order chi connectivity index (χ0) is 25.4. The van der Waals surface area contributed by atoms with Crippen LogP contribution in [0.5, 0.6) is 5.75 Å². The second-order valence-electron chi connectivity index (χ2n) is 10.6. The van der Waals surface area contributed by atoms with Crippen LogP contribution in [0.2, 0.25) is 19.6 Å². The van der Waals surface area contributed by atoms with Crippen LogP contribution in [-0.4, -0.2) is 72.2 Å². The van der Waals surface area contributed by atoms with E-state index in [1.807, 2.05) is 35.1 Å². The maximum Gasteiger partial charge on any atom is 0.407 e. The molecule has 1 saturated heterocycles. The second kappa shape index (κ2) is 9.51. The number of pyridine rings is 1. The zero-order valence-electron chi connectivity index (χ0n) is 21.4. The van der Waals surface area contributed by atoms with E-state index < -0.39 is 14.2 Å². The van der Waals surface area contributed by atoms with E-state index in [1.54, 1.807) is 7.11 Å². The molecule has 0 atom stereocenters. The van der Waals surface area contributed by atoms with Crippen LogP contribution in [0.4, 0.5) is 10.5 Å². The van der Waals surface area contributed by atoms with Gasteiger partial charge in [-0.2, -0.15) is 5.10 Å². The predicted octanol–water partition coefficient (Wildman–Crippen LogP) is 4.39. The van der Waals surface area contributed by atoms with Gasteiger partial charge in [0, 0.05) is 32.4 Å². The smallest absolute Gasteiger partial charge is 0.407 e. The fourth-order valence-electron chi connectivity index (χ4n) is 4.64. The molecule has 1 saturated carbocycles. The number of ether oxygens (including phenoxy) is 1. The average Bonchev–Trinajstić information content (AvgIpc) is 3.65. The van der Waals surface area contributed by atoms with E-state index in [9.17, 15) is 9.90 Å². The predicted molar refractivity (Wildman–Crippen MR) is 144 cm³/mol. The Balaban J connectivity index is 1.63. The lowest BCUT2D eigenvalue weighted by Crippen LogP contribution is -2.48. The first-order chi connectivity index (χ1) is 17.2. The molecule has 2 aromatic heterocycles. The van der Waals surface area contributed by atoms with Gasteiger partial charge in [0.1, 0.15) is 19.5 Å². The molecule has 1 aromatic carbocycles. The largest absolute Gasteiger partial charge is 0.497 e. The van der Waals surface area contributed by atoms with Crippen molar-refractivity contribution in [1.82, 2.24) is 19.7 Å². The molecule has 3 heterocycles. The third-order valence-electron chi connectivity index (χ3n) is 6.69. The summed E-state index contributed by atoms with van der Waals surface area (Å²) in [6.07, 6.45) is 3.47. The first-order valence-electron chi connectivity index (χ1n) is 12.5. The van der Waals surface area contributed by atoms with Crippen molar-refractivity contribution in [3.05, 3.63) is 47.3 Å². The lowest BCUT2D eigenvalue weighted by Gasteiger charge is -2.36. The van der Waals surface area contributed by atoms with Crippen LogP contribution in [0.25, 0.3) is 11.0 Å². The Morgan fingerprint density at radius 3 is 2.42 bits per heavy atom. The van der Waals surface area contributed by atoms with Gasteiger partial charge in [0.2, 0.25) is 0 Å². The SMILES string of the molecule is COc1ccc(Cn2nc(C#C[Si](C)(C)C)c3c(N4CCN(C(=O)O)CC4)c(C4CC4)cnc32)cc1. The third kappa shape index (κ3) is 5.04. The van der Waals surface area contributed by atoms with Crippen molar-refractivity contribution in [2.45, 2.75) is 44.9 Å². The Hall–Kier alpha value is -3.51. The van der Waals surface area contributed by atoms with Gasteiger partial charge in [-0.3, -0.25) is 0 Å². The van der Waals surface area contributed by atoms with Gasteiger partial charge in [-0.25, -0.2) is 14.5 Å². The zero-order valence-corrected chi connectivity index (χ0v) is 22.4. The summed E-state index contributed by atoms with van der Waals surface area (Å²) in [5.74, 6) is 4.75. The van der Waals surface area contributed by atoms with Gasteiger partial charge in [-0.1, -0.05) is 37.7 Å². The van der Waals surface area contributed by atoms with Crippen LogP contribution >= 0.6 is 0 Å². The summed E-state index contributed by atoms with van der Waals surface area (Å²) in [5, 5.41) is 15.4. The Labute approximate surface area is 212 Å². The van der Waals surface area contributed by atoms with E-state index in [1.165, 1.54) is 10.5 Å². The molecule has 5 rings (SSSR count). The Bertz CT molecular complexity index is 1340. The van der Waals surface area contributed by atoms with Crippen molar-refractivity contribution < 1.29 is 14.6 Å². The minimum absolute atomic E-state index is 0.485. The van der Waals surface area contributed by atoms with E-state index >= 15 is 0 Å². The maximum atomic E-state index is 11.5. The molecule has 1 N–H and O–H groups in total. The first-order valence-corrected chi connectivity index (χ1v) is 16.0. The van der Waals surface area contributed by atoms with E-state index in [-0.39, 0.29) is 0 Å². The quantitative estimate of drug-likeness (QED) is 0.411.